The van der Waals surface area contributed by atoms with Gasteiger partial charge >= 0.3 is 0 Å². The van der Waals surface area contributed by atoms with Gasteiger partial charge in [0.15, 0.2) is 0 Å². The van der Waals surface area contributed by atoms with Crippen LogP contribution in [0.25, 0.3) is 11.0 Å². The molecule has 0 fully saturated rings. The first-order valence-corrected chi connectivity index (χ1v) is 7.66. The summed E-state index contributed by atoms with van der Waals surface area (Å²) >= 11 is 0. The topological polar surface area (TPSA) is 71.3 Å². The van der Waals surface area contributed by atoms with Crippen molar-refractivity contribution in [3.8, 4) is 0 Å². The van der Waals surface area contributed by atoms with Crippen LogP contribution in [-0.4, -0.2) is 11.8 Å². The Bertz CT molecular complexity index is 912. The Morgan fingerprint density at radius 2 is 1.83 bits per heavy atom. The van der Waals surface area contributed by atoms with Crippen molar-refractivity contribution in [2.75, 3.05) is 0 Å². The number of fused-ring (bicyclic) bond motifs is 1. The molecule has 1 aromatic heterocycles. The van der Waals surface area contributed by atoms with E-state index < -0.39 is 0 Å². The van der Waals surface area contributed by atoms with Crippen molar-refractivity contribution in [2.24, 2.45) is 0 Å². The van der Waals surface area contributed by atoms with E-state index in [0.29, 0.717) is 5.56 Å². The number of aryl methyl sites for hydroxylation is 2. The molecular weight excluding hydrogens is 304 g/mol. The van der Waals surface area contributed by atoms with Gasteiger partial charge in [-0.3, -0.25) is 20.4 Å². The van der Waals surface area contributed by atoms with Gasteiger partial charge in [-0.05, 0) is 37.1 Å². The van der Waals surface area contributed by atoms with Crippen LogP contribution in [0.1, 0.15) is 27.0 Å². The molecule has 3 aromatic rings. The zero-order valence-corrected chi connectivity index (χ0v) is 13.6. The Hall–Kier alpha value is -3.08. The summed E-state index contributed by atoms with van der Waals surface area (Å²) in [7, 11) is 0. The number of carbonyl (C=O) groups is 2. The summed E-state index contributed by atoms with van der Waals surface area (Å²) in [5.74, 6) is -0.644. The molecule has 0 unspecified atom stereocenters. The molecule has 5 nitrogen and oxygen atoms in total. The van der Waals surface area contributed by atoms with Gasteiger partial charge < -0.3 is 4.42 Å². The van der Waals surface area contributed by atoms with E-state index >= 15 is 0 Å². The largest absolute Gasteiger partial charge is 0.464 e. The lowest BCUT2D eigenvalue weighted by Gasteiger charge is -2.08. The molecule has 2 amide bonds. The van der Waals surface area contributed by atoms with Crippen molar-refractivity contribution < 1.29 is 14.0 Å². The number of benzene rings is 2. The van der Waals surface area contributed by atoms with Crippen LogP contribution in [0.5, 0.6) is 0 Å². The number of hydrogen-bond acceptors (Lipinski definition) is 3. The standard InChI is InChI=1S/C19H18N2O3/c1-12-7-8-16-14(11-24-17(16)9-12)10-18(22)20-21-19(23)15-6-4-3-5-13(15)2/h3-9,11H,10H2,1-2H3,(H,20,22)(H,21,23). The van der Waals surface area contributed by atoms with Gasteiger partial charge in [0.1, 0.15) is 5.58 Å². The summed E-state index contributed by atoms with van der Waals surface area (Å²) < 4.78 is 5.47. The predicted octanol–water partition coefficient (Wildman–Crippen LogP) is 3.05. The molecule has 1 heterocycles. The molecule has 0 saturated carbocycles. The summed E-state index contributed by atoms with van der Waals surface area (Å²) in [6.07, 6.45) is 1.71. The summed E-state index contributed by atoms with van der Waals surface area (Å²) in [6.45, 7) is 3.83. The lowest BCUT2D eigenvalue weighted by molar-refractivity contribution is -0.121. The van der Waals surface area contributed by atoms with Crippen molar-refractivity contribution in [1.29, 1.82) is 0 Å². The van der Waals surface area contributed by atoms with Crippen molar-refractivity contribution in [3.63, 3.8) is 0 Å². The molecule has 0 saturated heterocycles. The Kier molecular flexibility index (Phi) is 4.33. The van der Waals surface area contributed by atoms with Gasteiger partial charge in [0, 0.05) is 16.5 Å². The Morgan fingerprint density at radius 3 is 2.62 bits per heavy atom. The van der Waals surface area contributed by atoms with Gasteiger partial charge in [0.05, 0.1) is 12.7 Å². The second-order valence-electron chi connectivity index (χ2n) is 5.75. The van der Waals surface area contributed by atoms with E-state index in [1.54, 1.807) is 18.4 Å². The number of hydrogen-bond donors (Lipinski definition) is 2. The van der Waals surface area contributed by atoms with Crippen LogP contribution in [0.15, 0.2) is 53.1 Å². The molecule has 5 heteroatoms. The Labute approximate surface area is 139 Å². The number of amides is 2. The molecule has 0 aliphatic heterocycles. The summed E-state index contributed by atoms with van der Waals surface area (Å²) in [5, 5.41) is 0.904. The monoisotopic (exact) mass is 322 g/mol. The minimum atomic E-state index is -0.339. The van der Waals surface area contributed by atoms with Crippen LogP contribution >= 0.6 is 0 Å². The van der Waals surface area contributed by atoms with Crippen molar-refractivity contribution in [2.45, 2.75) is 20.3 Å². The highest BCUT2D eigenvalue weighted by Gasteiger charge is 2.12. The maximum absolute atomic E-state index is 12.1. The average Bonchev–Trinajstić information content (AvgIpc) is 2.95. The third kappa shape index (κ3) is 3.30. The van der Waals surface area contributed by atoms with Crippen LogP contribution in [0.4, 0.5) is 0 Å². The van der Waals surface area contributed by atoms with E-state index in [4.69, 9.17) is 4.42 Å². The zero-order chi connectivity index (χ0) is 17.1. The van der Waals surface area contributed by atoms with E-state index in [1.165, 1.54) is 0 Å². The molecule has 122 valence electrons. The van der Waals surface area contributed by atoms with Gasteiger partial charge in [-0.2, -0.15) is 0 Å². The second-order valence-corrected chi connectivity index (χ2v) is 5.75. The van der Waals surface area contributed by atoms with Gasteiger partial charge in [0.2, 0.25) is 5.91 Å². The molecule has 0 aliphatic rings. The van der Waals surface area contributed by atoms with E-state index in [-0.39, 0.29) is 18.2 Å². The molecule has 0 aliphatic carbocycles. The maximum atomic E-state index is 12.1. The molecular formula is C19H18N2O3. The molecule has 2 N–H and O–H groups in total. The van der Waals surface area contributed by atoms with Gasteiger partial charge in [-0.25, -0.2) is 0 Å². The minimum absolute atomic E-state index is 0.129. The first-order chi connectivity index (χ1) is 11.5. The highest BCUT2D eigenvalue weighted by Crippen LogP contribution is 2.22. The molecule has 2 aromatic carbocycles. The number of rotatable bonds is 3. The first kappa shape index (κ1) is 15.8. The van der Waals surface area contributed by atoms with Crippen LogP contribution < -0.4 is 10.9 Å². The third-order valence-electron chi connectivity index (χ3n) is 3.87. The van der Waals surface area contributed by atoms with Crippen LogP contribution in [-0.2, 0) is 11.2 Å². The SMILES string of the molecule is Cc1ccc2c(CC(=O)NNC(=O)c3ccccc3C)coc2c1. The van der Waals surface area contributed by atoms with Crippen molar-refractivity contribution in [3.05, 3.63) is 71.0 Å². The maximum Gasteiger partial charge on any atom is 0.269 e. The minimum Gasteiger partial charge on any atom is -0.464 e. The first-order valence-electron chi connectivity index (χ1n) is 7.66. The molecule has 0 radical (unpaired) electrons. The van der Waals surface area contributed by atoms with Gasteiger partial charge in [-0.1, -0.05) is 30.3 Å². The number of nitrogens with one attached hydrogen (secondary N) is 2. The Balaban J connectivity index is 1.63. The fourth-order valence-corrected chi connectivity index (χ4v) is 2.57. The van der Waals surface area contributed by atoms with Crippen molar-refractivity contribution in [1.82, 2.24) is 10.9 Å². The highest BCUT2D eigenvalue weighted by molar-refractivity contribution is 5.97. The van der Waals surface area contributed by atoms with E-state index in [1.807, 2.05) is 44.2 Å². The summed E-state index contributed by atoms with van der Waals surface area (Å²) in [6, 6.07) is 13.0. The third-order valence-corrected chi connectivity index (χ3v) is 3.87. The quantitative estimate of drug-likeness (QED) is 0.728. The van der Waals surface area contributed by atoms with Crippen molar-refractivity contribution >= 4 is 22.8 Å². The fraction of sp³-hybridized carbons (Fsp3) is 0.158. The summed E-state index contributed by atoms with van der Waals surface area (Å²) in [4.78, 5) is 24.2. The molecule has 0 spiro atoms. The Morgan fingerprint density at radius 1 is 1.04 bits per heavy atom. The lowest BCUT2D eigenvalue weighted by atomic mass is 10.1. The lowest BCUT2D eigenvalue weighted by Crippen LogP contribution is -2.42. The second kappa shape index (κ2) is 6.58. The number of hydrazine groups is 1. The predicted molar refractivity (Wildman–Crippen MR) is 91.4 cm³/mol. The average molecular weight is 322 g/mol. The smallest absolute Gasteiger partial charge is 0.269 e. The highest BCUT2D eigenvalue weighted by atomic mass is 16.3. The molecule has 24 heavy (non-hydrogen) atoms. The number of carbonyl (C=O) groups excluding carboxylic acids is 2. The number of furan rings is 1. The normalized spacial score (nSPS) is 10.6. The zero-order valence-electron chi connectivity index (χ0n) is 13.6. The van der Waals surface area contributed by atoms with E-state index in [0.717, 1.165) is 27.7 Å². The van der Waals surface area contributed by atoms with Crippen LogP contribution in [0.3, 0.4) is 0 Å². The van der Waals surface area contributed by atoms with Crippen LogP contribution in [0, 0.1) is 13.8 Å². The molecule has 0 atom stereocenters. The van der Waals surface area contributed by atoms with Gasteiger partial charge in [0.25, 0.3) is 5.91 Å². The van der Waals surface area contributed by atoms with E-state index in [2.05, 4.69) is 10.9 Å². The van der Waals surface area contributed by atoms with Crippen LogP contribution in [0.2, 0.25) is 0 Å². The fourth-order valence-electron chi connectivity index (χ4n) is 2.57. The van der Waals surface area contributed by atoms with Gasteiger partial charge in [-0.15, -0.1) is 0 Å². The van der Waals surface area contributed by atoms with E-state index in [9.17, 15) is 9.59 Å². The molecule has 3 rings (SSSR count). The molecule has 0 bridgehead atoms. The summed E-state index contributed by atoms with van der Waals surface area (Å²) in [5.41, 5.74) is 8.89.